The van der Waals surface area contributed by atoms with E-state index >= 15 is 0 Å². The van der Waals surface area contributed by atoms with E-state index in [9.17, 15) is 0 Å². The van der Waals surface area contributed by atoms with Gasteiger partial charge in [0.15, 0.2) is 0 Å². The Labute approximate surface area is 334 Å². The summed E-state index contributed by atoms with van der Waals surface area (Å²) in [5, 5.41) is 0. The Morgan fingerprint density at radius 1 is 0.389 bits per heavy atom. The molecule has 4 nitrogen and oxygen atoms in total. The standard InChI is InChI=1S/C50H88N2O2/c1-5-7-33-53-43-25-21-41(22-26-43)51(39-17-9-35(3)10-18-39)47-31-15-37-14-30-46-48(32-16-38-13-29-45(47)49(37)50(38)46)52(40-19-11-36(4)12-20-40)42-23-27-44(28-24-42)54-34-8-6-2/h35-50H,5-34H2,1-4H3. The van der Waals surface area contributed by atoms with Crippen LogP contribution in [0.4, 0.5) is 0 Å². The first-order chi connectivity index (χ1) is 26.5. The van der Waals surface area contributed by atoms with Crippen molar-refractivity contribution in [2.45, 2.75) is 256 Å². The highest BCUT2D eigenvalue weighted by Gasteiger charge is 2.58. The monoisotopic (exact) mass is 749 g/mol. The molecule has 310 valence electrons. The van der Waals surface area contributed by atoms with Crippen LogP contribution in [0.5, 0.6) is 0 Å². The van der Waals surface area contributed by atoms with Crippen LogP contribution in [0.3, 0.4) is 0 Å². The van der Waals surface area contributed by atoms with Crippen LogP contribution in [0.25, 0.3) is 0 Å². The van der Waals surface area contributed by atoms with Gasteiger partial charge >= 0.3 is 0 Å². The quantitative estimate of drug-likeness (QED) is 0.165. The zero-order chi connectivity index (χ0) is 37.0. The van der Waals surface area contributed by atoms with Gasteiger partial charge in [0.1, 0.15) is 0 Å². The molecule has 0 bridgehead atoms. The van der Waals surface area contributed by atoms with E-state index in [1.54, 1.807) is 38.5 Å². The molecule has 0 aromatic rings. The van der Waals surface area contributed by atoms with Gasteiger partial charge in [-0.3, -0.25) is 9.80 Å². The third-order valence-corrected chi connectivity index (χ3v) is 18.3. The number of hydrogen-bond donors (Lipinski definition) is 0. The summed E-state index contributed by atoms with van der Waals surface area (Å²) in [6, 6.07) is 5.07. The molecule has 0 heterocycles. The van der Waals surface area contributed by atoms with Crippen molar-refractivity contribution in [3.05, 3.63) is 0 Å². The largest absolute Gasteiger partial charge is 0.378 e. The molecule has 0 amide bonds. The molecule has 54 heavy (non-hydrogen) atoms. The van der Waals surface area contributed by atoms with Crippen molar-refractivity contribution in [1.82, 2.24) is 9.80 Å². The SMILES string of the molecule is CCCCOC1CCC(N(C2CCC(C)CC2)C2CCC3CCC4C5C(CCC2C35)CCC4N(C2CCC(C)CC2)C2CCC(OCCCC)CC2)CC1. The number of hydrogen-bond acceptors (Lipinski definition) is 4. The molecule has 8 aliphatic carbocycles. The predicted octanol–water partition coefficient (Wildman–Crippen LogP) is 12.6. The maximum atomic E-state index is 6.45. The Bertz CT molecular complexity index is 1010. The fourth-order valence-electron chi connectivity index (χ4n) is 15.6. The second kappa shape index (κ2) is 19.3. The number of ether oxygens (including phenoxy) is 2. The molecule has 0 radical (unpaired) electrons. The van der Waals surface area contributed by atoms with Crippen molar-refractivity contribution in [3.63, 3.8) is 0 Å². The maximum Gasteiger partial charge on any atom is 0.0576 e. The Morgan fingerprint density at radius 3 is 1.07 bits per heavy atom. The topological polar surface area (TPSA) is 24.9 Å². The number of nitrogens with zero attached hydrogens (tertiary/aromatic N) is 2. The van der Waals surface area contributed by atoms with Gasteiger partial charge < -0.3 is 9.47 Å². The summed E-state index contributed by atoms with van der Waals surface area (Å²) in [6.07, 6.45) is 41.1. The summed E-state index contributed by atoms with van der Waals surface area (Å²) in [6.45, 7) is 11.7. The van der Waals surface area contributed by atoms with Crippen molar-refractivity contribution in [3.8, 4) is 0 Å². The van der Waals surface area contributed by atoms with E-state index in [1.165, 1.54) is 141 Å². The summed E-state index contributed by atoms with van der Waals surface area (Å²) in [7, 11) is 0. The lowest BCUT2D eigenvalue weighted by Crippen LogP contribution is -2.64. The average Bonchev–Trinajstić information content (AvgIpc) is 3.20. The van der Waals surface area contributed by atoms with E-state index in [1.807, 2.05) is 0 Å². The molecule has 8 saturated carbocycles. The lowest BCUT2D eigenvalue weighted by molar-refractivity contribution is -0.151. The highest BCUT2D eigenvalue weighted by Crippen LogP contribution is 2.62. The smallest absolute Gasteiger partial charge is 0.0576 e. The first-order valence-electron chi connectivity index (χ1n) is 25.3. The van der Waals surface area contributed by atoms with Crippen molar-refractivity contribution >= 4 is 0 Å². The van der Waals surface area contributed by atoms with Crippen LogP contribution in [-0.2, 0) is 9.47 Å². The van der Waals surface area contributed by atoms with Crippen LogP contribution in [0.2, 0.25) is 0 Å². The minimum absolute atomic E-state index is 0.532. The fraction of sp³-hybridized carbons (Fsp3) is 1.00. The van der Waals surface area contributed by atoms with Gasteiger partial charge in [-0.05, 0) is 214 Å². The molecular weight excluding hydrogens is 661 g/mol. The highest BCUT2D eigenvalue weighted by molar-refractivity contribution is 5.10. The highest BCUT2D eigenvalue weighted by atomic mass is 16.5. The second-order valence-electron chi connectivity index (χ2n) is 21.5. The van der Waals surface area contributed by atoms with E-state index in [2.05, 4.69) is 37.5 Å². The van der Waals surface area contributed by atoms with E-state index in [-0.39, 0.29) is 0 Å². The van der Waals surface area contributed by atoms with Gasteiger partial charge in [-0.25, -0.2) is 0 Å². The van der Waals surface area contributed by atoms with Gasteiger partial charge in [0, 0.05) is 49.5 Å². The Morgan fingerprint density at radius 2 is 0.722 bits per heavy atom. The van der Waals surface area contributed by atoms with E-state index in [0.29, 0.717) is 12.2 Å². The zero-order valence-electron chi connectivity index (χ0n) is 36.2. The molecule has 0 aliphatic heterocycles. The molecule has 0 aromatic heterocycles. The molecule has 8 rings (SSSR count). The molecule has 8 aliphatic rings. The second-order valence-corrected chi connectivity index (χ2v) is 21.5. The van der Waals surface area contributed by atoms with Gasteiger partial charge in [0.2, 0.25) is 0 Å². The van der Waals surface area contributed by atoms with Gasteiger partial charge in [-0.1, -0.05) is 40.5 Å². The van der Waals surface area contributed by atoms with Crippen molar-refractivity contribution in [2.75, 3.05) is 13.2 Å². The molecule has 8 unspecified atom stereocenters. The molecule has 0 N–H and O–H groups in total. The Hall–Kier alpha value is -0.160. The van der Waals surface area contributed by atoms with Crippen molar-refractivity contribution in [1.29, 1.82) is 0 Å². The summed E-state index contributed by atoms with van der Waals surface area (Å²) in [5.74, 6) is 7.95. The zero-order valence-corrected chi connectivity index (χ0v) is 36.2. The van der Waals surface area contributed by atoms with Crippen LogP contribution < -0.4 is 0 Å². The van der Waals surface area contributed by atoms with Crippen LogP contribution in [0, 0.1) is 47.3 Å². The van der Waals surface area contributed by atoms with E-state index < -0.39 is 0 Å². The van der Waals surface area contributed by atoms with Crippen LogP contribution >= 0.6 is 0 Å². The third kappa shape index (κ3) is 9.03. The number of unbranched alkanes of at least 4 members (excludes halogenated alkanes) is 2. The van der Waals surface area contributed by atoms with Gasteiger partial charge in [-0.15, -0.1) is 0 Å². The maximum absolute atomic E-state index is 6.45. The van der Waals surface area contributed by atoms with Gasteiger partial charge in [0.05, 0.1) is 12.2 Å². The lowest BCUT2D eigenvalue weighted by Gasteiger charge is -2.64. The first-order valence-corrected chi connectivity index (χ1v) is 25.3. The molecular formula is C50H88N2O2. The molecule has 0 aromatic carbocycles. The summed E-state index contributed by atoms with van der Waals surface area (Å²) in [4.78, 5) is 6.69. The minimum atomic E-state index is 0.532. The van der Waals surface area contributed by atoms with Crippen LogP contribution in [0.1, 0.15) is 207 Å². The average molecular weight is 749 g/mol. The van der Waals surface area contributed by atoms with Crippen molar-refractivity contribution < 1.29 is 9.47 Å². The van der Waals surface area contributed by atoms with E-state index in [4.69, 9.17) is 9.47 Å². The van der Waals surface area contributed by atoms with E-state index in [0.717, 1.165) is 96.8 Å². The first kappa shape index (κ1) is 40.6. The van der Waals surface area contributed by atoms with Crippen molar-refractivity contribution in [2.24, 2.45) is 47.3 Å². The van der Waals surface area contributed by atoms with Gasteiger partial charge in [-0.2, -0.15) is 0 Å². The van der Waals surface area contributed by atoms with Gasteiger partial charge in [0.25, 0.3) is 0 Å². The fourth-order valence-corrected chi connectivity index (χ4v) is 15.6. The summed E-state index contributed by atoms with van der Waals surface area (Å²) >= 11 is 0. The molecule has 4 heteroatoms. The molecule has 8 fully saturated rings. The Kier molecular flexibility index (Phi) is 14.5. The van der Waals surface area contributed by atoms with Crippen LogP contribution in [0.15, 0.2) is 0 Å². The summed E-state index contributed by atoms with van der Waals surface area (Å²) < 4.78 is 12.9. The molecule has 8 atom stereocenters. The third-order valence-electron chi connectivity index (χ3n) is 18.3. The lowest BCUT2D eigenvalue weighted by atomic mass is 9.46. The summed E-state index contributed by atoms with van der Waals surface area (Å²) in [5.41, 5.74) is 0. The van der Waals surface area contributed by atoms with Crippen LogP contribution in [-0.4, -0.2) is 71.5 Å². The molecule has 0 spiro atoms. The molecule has 0 saturated heterocycles. The Balaban J connectivity index is 1.01. The predicted molar refractivity (Wildman–Crippen MR) is 226 cm³/mol. The number of rotatable bonds is 14. The minimum Gasteiger partial charge on any atom is -0.378 e. The normalized spacial score (nSPS) is 45.7.